The number of phenolic OH excluding ortho intramolecular Hbond substituents is 1. The molecule has 1 aromatic rings. The van der Waals surface area contributed by atoms with E-state index in [9.17, 15) is 9.90 Å². The van der Waals surface area contributed by atoms with Gasteiger partial charge in [-0.3, -0.25) is 4.79 Å². The molecule has 0 bridgehead atoms. The third-order valence-corrected chi connectivity index (χ3v) is 1.98. The molecule has 0 unspecified atom stereocenters. The number of aldehydes is 1. The van der Waals surface area contributed by atoms with Crippen molar-refractivity contribution in [2.24, 2.45) is 5.73 Å². The first-order valence-corrected chi connectivity index (χ1v) is 4.28. The predicted octanol–water partition coefficient (Wildman–Crippen LogP) is 0.714. The molecular weight excluding hydrogens is 182 g/mol. The van der Waals surface area contributed by atoms with Gasteiger partial charge >= 0.3 is 0 Å². The summed E-state index contributed by atoms with van der Waals surface area (Å²) in [6.07, 6.45) is 1.29. The molecule has 0 aliphatic heterocycles. The molecule has 1 rings (SSSR count). The fraction of sp³-hybridized carbons (Fsp3) is 0.300. The van der Waals surface area contributed by atoms with E-state index in [1.54, 1.807) is 6.07 Å². The summed E-state index contributed by atoms with van der Waals surface area (Å²) < 4.78 is 4.92. The van der Waals surface area contributed by atoms with Gasteiger partial charge in [0.25, 0.3) is 0 Å². The van der Waals surface area contributed by atoms with Crippen molar-refractivity contribution in [2.75, 3.05) is 13.7 Å². The maximum absolute atomic E-state index is 10.7. The van der Waals surface area contributed by atoms with Crippen LogP contribution in [0.1, 0.15) is 15.9 Å². The Morgan fingerprint density at radius 3 is 2.79 bits per heavy atom. The predicted molar refractivity (Wildman–Crippen MR) is 52.8 cm³/mol. The second-order valence-electron chi connectivity index (χ2n) is 2.88. The maximum Gasteiger partial charge on any atom is 0.160 e. The lowest BCUT2D eigenvalue weighted by Gasteiger charge is -2.08. The van der Waals surface area contributed by atoms with Crippen molar-refractivity contribution in [2.45, 2.75) is 6.42 Å². The molecular formula is C10H13NO3. The van der Waals surface area contributed by atoms with Gasteiger partial charge < -0.3 is 15.6 Å². The summed E-state index contributed by atoms with van der Waals surface area (Å²) in [4.78, 5) is 10.7. The zero-order valence-electron chi connectivity index (χ0n) is 7.99. The highest BCUT2D eigenvalue weighted by molar-refractivity contribution is 5.79. The number of methoxy groups -OCH3 is 1. The van der Waals surface area contributed by atoms with Crippen LogP contribution in [0.3, 0.4) is 0 Å². The molecule has 0 heterocycles. The van der Waals surface area contributed by atoms with Crippen molar-refractivity contribution in [1.82, 2.24) is 0 Å². The van der Waals surface area contributed by atoms with Crippen LogP contribution in [0.4, 0.5) is 0 Å². The van der Waals surface area contributed by atoms with Crippen LogP contribution >= 0.6 is 0 Å². The minimum Gasteiger partial charge on any atom is -0.504 e. The number of aromatic hydroxyl groups is 1. The summed E-state index contributed by atoms with van der Waals surface area (Å²) >= 11 is 0. The molecule has 0 saturated carbocycles. The Morgan fingerprint density at radius 2 is 2.29 bits per heavy atom. The maximum atomic E-state index is 10.7. The first-order valence-electron chi connectivity index (χ1n) is 4.28. The summed E-state index contributed by atoms with van der Waals surface area (Å²) in [5.41, 5.74) is 6.64. The van der Waals surface area contributed by atoms with Crippen molar-refractivity contribution >= 4 is 6.29 Å². The van der Waals surface area contributed by atoms with Crippen LogP contribution in [-0.2, 0) is 6.42 Å². The fourth-order valence-corrected chi connectivity index (χ4v) is 1.27. The molecule has 4 heteroatoms. The molecule has 0 aromatic heterocycles. The summed E-state index contributed by atoms with van der Waals surface area (Å²) in [6.45, 7) is 0.453. The average Bonchev–Trinajstić information content (AvgIpc) is 2.20. The highest BCUT2D eigenvalue weighted by atomic mass is 16.5. The van der Waals surface area contributed by atoms with Crippen molar-refractivity contribution < 1.29 is 14.6 Å². The number of ether oxygens (including phenoxy) is 1. The zero-order valence-corrected chi connectivity index (χ0v) is 7.99. The Bertz CT molecular complexity index is 336. The lowest BCUT2D eigenvalue weighted by molar-refractivity contribution is 0.112. The van der Waals surface area contributed by atoms with Gasteiger partial charge in [-0.05, 0) is 30.7 Å². The molecule has 0 saturated heterocycles. The van der Waals surface area contributed by atoms with E-state index >= 15 is 0 Å². The molecule has 0 aliphatic rings. The van der Waals surface area contributed by atoms with Crippen LogP contribution in [0.25, 0.3) is 0 Å². The molecule has 0 radical (unpaired) electrons. The standard InChI is InChI=1S/C10H13NO3/c1-14-10-5-7(2-3-11)8(6-12)4-9(10)13/h4-6,13H,2-3,11H2,1H3. The van der Waals surface area contributed by atoms with Crippen molar-refractivity contribution in [3.8, 4) is 11.5 Å². The topological polar surface area (TPSA) is 72.5 Å². The van der Waals surface area contributed by atoms with E-state index < -0.39 is 0 Å². The molecule has 3 N–H and O–H groups in total. The lowest BCUT2D eigenvalue weighted by atomic mass is 10.0. The largest absolute Gasteiger partial charge is 0.504 e. The van der Waals surface area contributed by atoms with Gasteiger partial charge in [-0.2, -0.15) is 0 Å². The molecule has 14 heavy (non-hydrogen) atoms. The zero-order chi connectivity index (χ0) is 10.6. The summed E-state index contributed by atoms with van der Waals surface area (Å²) in [6, 6.07) is 3.02. The Morgan fingerprint density at radius 1 is 1.57 bits per heavy atom. The number of phenols is 1. The number of rotatable bonds is 4. The monoisotopic (exact) mass is 195 g/mol. The normalized spacial score (nSPS) is 9.86. The van der Waals surface area contributed by atoms with Crippen LogP contribution < -0.4 is 10.5 Å². The fourth-order valence-electron chi connectivity index (χ4n) is 1.27. The van der Waals surface area contributed by atoms with Gasteiger partial charge in [0, 0.05) is 5.56 Å². The Hall–Kier alpha value is -1.55. The number of carbonyl (C=O) groups is 1. The number of nitrogens with two attached hydrogens (primary N) is 1. The summed E-state index contributed by atoms with van der Waals surface area (Å²) in [5, 5.41) is 9.40. The Labute approximate surface area is 82.3 Å². The van der Waals surface area contributed by atoms with Crippen molar-refractivity contribution in [1.29, 1.82) is 0 Å². The van der Waals surface area contributed by atoms with E-state index in [2.05, 4.69) is 0 Å². The van der Waals surface area contributed by atoms with Gasteiger partial charge in [0.05, 0.1) is 7.11 Å². The van der Waals surface area contributed by atoms with Crippen LogP contribution in [-0.4, -0.2) is 25.0 Å². The minimum absolute atomic E-state index is 0.0321. The summed E-state index contributed by atoms with van der Waals surface area (Å²) in [5.74, 6) is 0.328. The van der Waals surface area contributed by atoms with Gasteiger partial charge in [0.2, 0.25) is 0 Å². The minimum atomic E-state index is -0.0321. The number of benzene rings is 1. The number of hydrogen-bond donors (Lipinski definition) is 2. The van der Waals surface area contributed by atoms with Gasteiger partial charge in [0.15, 0.2) is 11.5 Å². The number of carbonyl (C=O) groups excluding carboxylic acids is 1. The molecule has 0 spiro atoms. The smallest absolute Gasteiger partial charge is 0.160 e. The number of hydrogen-bond acceptors (Lipinski definition) is 4. The molecule has 4 nitrogen and oxygen atoms in total. The van der Waals surface area contributed by atoms with E-state index in [0.717, 1.165) is 5.56 Å². The van der Waals surface area contributed by atoms with E-state index in [-0.39, 0.29) is 5.75 Å². The highest BCUT2D eigenvalue weighted by Gasteiger charge is 2.08. The second kappa shape index (κ2) is 4.62. The molecule has 1 aromatic carbocycles. The van der Waals surface area contributed by atoms with Crippen LogP contribution in [0.5, 0.6) is 11.5 Å². The SMILES string of the molecule is COc1cc(CCN)c(C=O)cc1O. The van der Waals surface area contributed by atoms with Crippen molar-refractivity contribution in [3.05, 3.63) is 23.3 Å². The first-order chi connectivity index (χ1) is 6.72. The molecule has 0 fully saturated rings. The van der Waals surface area contributed by atoms with E-state index in [0.29, 0.717) is 30.6 Å². The van der Waals surface area contributed by atoms with Crippen molar-refractivity contribution in [3.63, 3.8) is 0 Å². The Balaban J connectivity index is 3.17. The van der Waals surface area contributed by atoms with Crippen LogP contribution in [0.15, 0.2) is 12.1 Å². The summed E-state index contributed by atoms with van der Waals surface area (Å²) in [7, 11) is 1.46. The molecule has 0 amide bonds. The molecule has 76 valence electrons. The Kier molecular flexibility index (Phi) is 3.48. The van der Waals surface area contributed by atoms with E-state index in [1.807, 2.05) is 0 Å². The van der Waals surface area contributed by atoms with Gasteiger partial charge in [-0.1, -0.05) is 0 Å². The second-order valence-corrected chi connectivity index (χ2v) is 2.88. The quantitative estimate of drug-likeness (QED) is 0.694. The average molecular weight is 195 g/mol. The van der Waals surface area contributed by atoms with Gasteiger partial charge in [-0.15, -0.1) is 0 Å². The van der Waals surface area contributed by atoms with E-state index in [4.69, 9.17) is 10.5 Å². The lowest BCUT2D eigenvalue weighted by Crippen LogP contribution is -2.05. The molecule has 0 aliphatic carbocycles. The third-order valence-electron chi connectivity index (χ3n) is 1.98. The van der Waals surface area contributed by atoms with E-state index in [1.165, 1.54) is 13.2 Å². The first kappa shape index (κ1) is 10.5. The van der Waals surface area contributed by atoms with Gasteiger partial charge in [0.1, 0.15) is 6.29 Å². The highest BCUT2D eigenvalue weighted by Crippen LogP contribution is 2.28. The molecule has 0 atom stereocenters. The third kappa shape index (κ3) is 2.03. The van der Waals surface area contributed by atoms with Crippen LogP contribution in [0, 0.1) is 0 Å². The van der Waals surface area contributed by atoms with Gasteiger partial charge in [-0.25, -0.2) is 0 Å². The van der Waals surface area contributed by atoms with Crippen LogP contribution in [0.2, 0.25) is 0 Å².